The zero-order chi connectivity index (χ0) is 41.4. The van der Waals surface area contributed by atoms with E-state index in [0.29, 0.717) is 5.82 Å². The Kier molecular flexibility index (Phi) is 8.41. The van der Waals surface area contributed by atoms with E-state index in [2.05, 4.69) is 214 Å². The van der Waals surface area contributed by atoms with Gasteiger partial charge in [0, 0.05) is 42.3 Å². The maximum Gasteiger partial charge on any atom is 0.160 e. The summed E-state index contributed by atoms with van der Waals surface area (Å²) in [6.07, 6.45) is 0. The second-order valence-electron chi connectivity index (χ2n) is 17.0. The minimum atomic E-state index is -0.0810. The van der Waals surface area contributed by atoms with Crippen molar-refractivity contribution in [2.24, 2.45) is 0 Å². The summed E-state index contributed by atoms with van der Waals surface area (Å²) in [4.78, 5) is 10.6. The van der Waals surface area contributed by atoms with Gasteiger partial charge in [0.2, 0.25) is 0 Å². The molecule has 2 aromatic heterocycles. The number of aromatic nitrogens is 2. The Morgan fingerprint density at radius 1 is 0.355 bits per heavy atom. The van der Waals surface area contributed by atoms with E-state index in [1.54, 1.807) is 0 Å². The molecule has 11 aromatic rings. The Balaban J connectivity index is 1.01. The van der Waals surface area contributed by atoms with Gasteiger partial charge in [-0.15, -0.1) is 11.3 Å². The monoisotopic (exact) mass is 808 g/mol. The van der Waals surface area contributed by atoms with E-state index in [1.165, 1.54) is 64.3 Å². The lowest BCUT2D eigenvalue weighted by Gasteiger charge is -2.22. The molecule has 0 spiro atoms. The normalized spacial score (nSPS) is 12.8. The van der Waals surface area contributed by atoms with Gasteiger partial charge in [0.05, 0.1) is 11.4 Å². The Morgan fingerprint density at radius 2 is 0.935 bits per heavy atom. The van der Waals surface area contributed by atoms with E-state index < -0.39 is 0 Å². The molecule has 62 heavy (non-hydrogen) atoms. The summed E-state index contributed by atoms with van der Waals surface area (Å²) in [5.41, 5.74) is 17.2. The summed E-state index contributed by atoms with van der Waals surface area (Å²) < 4.78 is 2.59. The van der Waals surface area contributed by atoms with Crippen molar-refractivity contribution >= 4 is 42.3 Å². The second-order valence-corrected chi connectivity index (χ2v) is 18.0. The van der Waals surface area contributed by atoms with Crippen LogP contribution in [0.1, 0.15) is 25.0 Å². The molecule has 0 radical (unpaired) electrons. The highest BCUT2D eigenvalue weighted by atomic mass is 32.1. The first-order valence-corrected chi connectivity index (χ1v) is 22.1. The average molecular weight is 809 g/mol. The lowest BCUT2D eigenvalue weighted by molar-refractivity contribution is 0.661. The third-order valence-electron chi connectivity index (χ3n) is 12.8. The van der Waals surface area contributed by atoms with Crippen molar-refractivity contribution in [3.05, 3.63) is 217 Å². The average Bonchev–Trinajstić information content (AvgIpc) is 3.82. The molecule has 0 aliphatic heterocycles. The summed E-state index contributed by atoms with van der Waals surface area (Å²) in [7, 11) is 0. The quantitative estimate of drug-likeness (QED) is 0.167. The molecule has 0 fully saturated rings. The second kappa shape index (κ2) is 14.3. The largest absolute Gasteiger partial charge is 0.228 e. The van der Waals surface area contributed by atoms with Crippen molar-refractivity contribution < 1.29 is 0 Å². The topological polar surface area (TPSA) is 25.8 Å². The van der Waals surface area contributed by atoms with Crippen LogP contribution in [0.25, 0.3) is 109 Å². The molecular formula is C59H40N2S. The number of fused-ring (bicyclic) bond motifs is 7. The van der Waals surface area contributed by atoms with Gasteiger partial charge in [-0.2, -0.15) is 0 Å². The fourth-order valence-electron chi connectivity index (χ4n) is 9.64. The number of thiophene rings is 1. The van der Waals surface area contributed by atoms with Crippen LogP contribution in [0.2, 0.25) is 0 Å². The Bertz CT molecular complexity index is 3540. The van der Waals surface area contributed by atoms with E-state index in [-0.39, 0.29) is 5.41 Å². The van der Waals surface area contributed by atoms with Crippen LogP contribution in [0.3, 0.4) is 0 Å². The van der Waals surface area contributed by atoms with E-state index in [0.717, 1.165) is 50.3 Å². The van der Waals surface area contributed by atoms with Crippen LogP contribution in [-0.4, -0.2) is 9.97 Å². The summed E-state index contributed by atoms with van der Waals surface area (Å²) in [5.74, 6) is 0.699. The van der Waals surface area contributed by atoms with Crippen LogP contribution in [0.4, 0.5) is 0 Å². The van der Waals surface area contributed by atoms with Crippen molar-refractivity contribution in [2.45, 2.75) is 19.3 Å². The fraction of sp³-hybridized carbons (Fsp3) is 0.0508. The Morgan fingerprint density at radius 3 is 1.76 bits per heavy atom. The first-order valence-electron chi connectivity index (χ1n) is 21.3. The number of hydrogen-bond donors (Lipinski definition) is 0. The number of benzene rings is 9. The maximum absolute atomic E-state index is 5.33. The predicted octanol–water partition coefficient (Wildman–Crippen LogP) is 16.3. The molecule has 1 aliphatic rings. The van der Waals surface area contributed by atoms with Crippen LogP contribution in [0.5, 0.6) is 0 Å². The van der Waals surface area contributed by atoms with Gasteiger partial charge in [-0.05, 0) is 121 Å². The third kappa shape index (κ3) is 6.08. The third-order valence-corrected chi connectivity index (χ3v) is 14.1. The molecule has 0 atom stereocenters. The van der Waals surface area contributed by atoms with Gasteiger partial charge in [0.15, 0.2) is 5.82 Å². The van der Waals surface area contributed by atoms with Crippen molar-refractivity contribution in [3.63, 3.8) is 0 Å². The standard InChI is InChI=1S/C59H40N2S/c1-59(2)52-28-27-42(34-50(52)51-33-40-19-9-10-20-41(40)35-53(51)59)39-21-13-22-43(29-39)54-36-55(61-58(60-54)38-17-7-4-8-18-38)46-31-44(37-15-5-3-6-16-37)30-45(32-46)47-24-14-25-49-48-23-11-12-26-56(48)62-57(47)49/h3-36H,1-2H3. The molecular weight excluding hydrogens is 769 g/mol. The highest BCUT2D eigenvalue weighted by Gasteiger charge is 2.35. The molecule has 3 heteroatoms. The Hall–Kier alpha value is -7.46. The minimum absolute atomic E-state index is 0.0810. The summed E-state index contributed by atoms with van der Waals surface area (Å²) in [6.45, 7) is 4.71. The minimum Gasteiger partial charge on any atom is -0.228 e. The van der Waals surface area contributed by atoms with Crippen molar-refractivity contribution in [1.82, 2.24) is 9.97 Å². The molecule has 12 rings (SSSR count). The highest BCUT2D eigenvalue weighted by molar-refractivity contribution is 7.26. The highest BCUT2D eigenvalue weighted by Crippen LogP contribution is 2.51. The van der Waals surface area contributed by atoms with E-state index in [1.807, 2.05) is 17.4 Å². The van der Waals surface area contributed by atoms with Gasteiger partial charge in [-0.1, -0.05) is 166 Å². The van der Waals surface area contributed by atoms with Gasteiger partial charge in [-0.25, -0.2) is 9.97 Å². The molecule has 2 nitrogen and oxygen atoms in total. The van der Waals surface area contributed by atoms with Gasteiger partial charge in [0.1, 0.15) is 0 Å². The molecule has 0 bridgehead atoms. The lowest BCUT2D eigenvalue weighted by Crippen LogP contribution is -2.14. The maximum atomic E-state index is 5.33. The van der Waals surface area contributed by atoms with Gasteiger partial charge in [-0.3, -0.25) is 0 Å². The molecule has 0 N–H and O–H groups in total. The molecule has 0 saturated carbocycles. The molecule has 2 heterocycles. The van der Waals surface area contributed by atoms with Crippen molar-refractivity contribution in [2.75, 3.05) is 0 Å². The van der Waals surface area contributed by atoms with Crippen LogP contribution in [0, 0.1) is 0 Å². The summed E-state index contributed by atoms with van der Waals surface area (Å²) in [5, 5.41) is 5.15. The van der Waals surface area contributed by atoms with E-state index in [9.17, 15) is 0 Å². The van der Waals surface area contributed by atoms with Crippen LogP contribution >= 0.6 is 11.3 Å². The van der Waals surface area contributed by atoms with Gasteiger partial charge >= 0.3 is 0 Å². The molecule has 0 unspecified atom stereocenters. The Labute approximate surface area is 365 Å². The van der Waals surface area contributed by atoms with Crippen LogP contribution in [-0.2, 0) is 5.41 Å². The lowest BCUT2D eigenvalue weighted by atomic mass is 9.81. The van der Waals surface area contributed by atoms with E-state index in [4.69, 9.17) is 9.97 Å². The molecule has 292 valence electrons. The predicted molar refractivity (Wildman–Crippen MR) is 263 cm³/mol. The molecule has 9 aromatic carbocycles. The smallest absolute Gasteiger partial charge is 0.160 e. The van der Waals surface area contributed by atoms with Crippen molar-refractivity contribution in [3.8, 4) is 78.4 Å². The van der Waals surface area contributed by atoms with Gasteiger partial charge in [0.25, 0.3) is 0 Å². The number of hydrogen-bond acceptors (Lipinski definition) is 3. The van der Waals surface area contributed by atoms with Crippen LogP contribution in [0.15, 0.2) is 206 Å². The molecule has 0 amide bonds. The fourth-order valence-corrected chi connectivity index (χ4v) is 10.9. The molecule has 0 saturated heterocycles. The van der Waals surface area contributed by atoms with Crippen molar-refractivity contribution in [1.29, 1.82) is 0 Å². The first-order chi connectivity index (χ1) is 30.4. The van der Waals surface area contributed by atoms with Gasteiger partial charge < -0.3 is 0 Å². The zero-order valence-electron chi connectivity index (χ0n) is 34.4. The summed E-state index contributed by atoms with van der Waals surface area (Å²) in [6, 6.07) is 74.9. The number of rotatable bonds is 6. The number of nitrogens with zero attached hydrogens (tertiary/aromatic N) is 2. The van der Waals surface area contributed by atoms with Crippen LogP contribution < -0.4 is 0 Å². The zero-order valence-corrected chi connectivity index (χ0v) is 35.2. The molecule has 1 aliphatic carbocycles. The SMILES string of the molecule is CC1(C)c2ccc(-c3cccc(-c4cc(-c5cc(-c6ccccc6)cc(-c6cccc7c6sc6ccccc67)c5)nc(-c5ccccc5)n4)c3)cc2-c2cc3ccccc3cc21. The van der Waals surface area contributed by atoms with E-state index >= 15 is 0 Å². The summed E-state index contributed by atoms with van der Waals surface area (Å²) >= 11 is 1.86. The first kappa shape index (κ1) is 36.4.